The molecular weight excluding hydrogens is 809 g/mol. The molecule has 0 heterocycles. The van der Waals surface area contributed by atoms with Crippen molar-refractivity contribution in [3.05, 3.63) is 0 Å². The predicted molar refractivity (Wildman–Crippen MR) is 215 cm³/mol. The van der Waals surface area contributed by atoms with Crippen molar-refractivity contribution in [1.29, 1.82) is 0 Å². The van der Waals surface area contributed by atoms with Crippen molar-refractivity contribution in [1.82, 2.24) is 0 Å². The standard InChI is InChI=1S/2C5H12O4.5C4H8O2S/c2*6-1-5(2-7,3-8)4-9;5*1-3(7)2-4(5)6/h2*6-9H,1-4H2;5*3,7H,2H2,1H3,(H,5,6). The Balaban J connectivity index is -0.0000000935. The minimum Gasteiger partial charge on any atom is -0.481 e. The molecule has 0 saturated carbocycles. The normalized spacial score (nSPS) is 12.9. The van der Waals surface area contributed by atoms with Gasteiger partial charge in [-0.1, -0.05) is 34.6 Å². The molecule has 0 bridgehead atoms. The number of aliphatic hydroxyl groups is 8. The summed E-state index contributed by atoms with van der Waals surface area (Å²) in [7, 11) is 0. The second kappa shape index (κ2) is 43.5. The van der Waals surface area contributed by atoms with Gasteiger partial charge in [0.05, 0.1) is 95.8 Å². The second-order valence-electron chi connectivity index (χ2n) is 11.5. The number of aliphatic carboxylic acids is 5. The first-order valence-corrected chi connectivity index (χ1v) is 18.1. The zero-order chi connectivity index (χ0) is 44.0. The Morgan fingerprint density at radius 3 is 0.434 bits per heavy atom. The summed E-state index contributed by atoms with van der Waals surface area (Å²) in [6, 6.07) is 0. The number of rotatable bonds is 18. The quantitative estimate of drug-likeness (QED) is 0.0792. The molecule has 0 aliphatic carbocycles. The Bertz CT molecular complexity index is 715. The molecule has 0 radical (unpaired) electrons. The van der Waals surface area contributed by atoms with Gasteiger partial charge in [-0.3, -0.25) is 24.0 Å². The van der Waals surface area contributed by atoms with E-state index >= 15 is 0 Å². The minimum absolute atomic E-state index is 0.0301. The smallest absolute Gasteiger partial charge is 0.304 e. The summed E-state index contributed by atoms with van der Waals surface area (Å²) in [6.07, 6.45) is 0.710. The van der Waals surface area contributed by atoms with Gasteiger partial charge >= 0.3 is 29.8 Å². The van der Waals surface area contributed by atoms with E-state index in [1.165, 1.54) is 0 Å². The fourth-order valence-corrected chi connectivity index (χ4v) is 2.64. The molecule has 13 N–H and O–H groups in total. The molecule has 5 atom stereocenters. The molecule has 0 aromatic carbocycles. The summed E-state index contributed by atoms with van der Waals surface area (Å²) in [5.41, 5.74) is -2.22. The second-order valence-corrected chi connectivity index (χ2v) is 15.9. The molecule has 0 amide bonds. The van der Waals surface area contributed by atoms with Crippen molar-refractivity contribution in [3.63, 3.8) is 0 Å². The van der Waals surface area contributed by atoms with Crippen molar-refractivity contribution in [3.8, 4) is 0 Å². The summed E-state index contributed by atoms with van der Waals surface area (Å²) >= 11 is 19.3. The van der Waals surface area contributed by atoms with Crippen LogP contribution in [0, 0.1) is 10.8 Å². The highest BCUT2D eigenvalue weighted by molar-refractivity contribution is 7.81. The molecular formula is C30H64O18S5. The fraction of sp³-hybridized carbons (Fsp3) is 0.833. The van der Waals surface area contributed by atoms with Crippen LogP contribution in [0.4, 0.5) is 0 Å². The first-order chi connectivity index (χ1) is 24.1. The molecule has 5 unspecified atom stereocenters. The third-order valence-corrected chi connectivity index (χ3v) is 5.95. The van der Waals surface area contributed by atoms with E-state index in [2.05, 4.69) is 63.1 Å². The van der Waals surface area contributed by atoms with E-state index in [9.17, 15) is 24.0 Å². The Morgan fingerprint density at radius 2 is 0.434 bits per heavy atom. The summed E-state index contributed by atoms with van der Waals surface area (Å²) in [5.74, 6) is -3.95. The topological polar surface area (TPSA) is 348 Å². The predicted octanol–water partition coefficient (Wildman–Crippen LogP) is -0.219. The van der Waals surface area contributed by atoms with Gasteiger partial charge in [-0.25, -0.2) is 0 Å². The molecule has 53 heavy (non-hydrogen) atoms. The van der Waals surface area contributed by atoms with Gasteiger partial charge in [0.25, 0.3) is 0 Å². The summed E-state index contributed by atoms with van der Waals surface area (Å²) < 4.78 is 0. The Kier molecular flexibility index (Phi) is 54.7. The van der Waals surface area contributed by atoms with Crippen molar-refractivity contribution in [2.24, 2.45) is 10.8 Å². The summed E-state index contributed by atoms with van der Waals surface area (Å²) in [5, 5.41) is 108. The average Bonchev–Trinajstić information content (AvgIpc) is 2.99. The first-order valence-electron chi connectivity index (χ1n) is 15.5. The molecule has 0 aromatic heterocycles. The highest BCUT2D eigenvalue weighted by atomic mass is 32.1. The highest BCUT2D eigenvalue weighted by Gasteiger charge is 2.27. The van der Waals surface area contributed by atoms with Crippen LogP contribution in [-0.2, 0) is 24.0 Å². The fourth-order valence-electron chi connectivity index (χ4n) is 1.86. The number of thiol groups is 5. The lowest BCUT2D eigenvalue weighted by Gasteiger charge is -2.23. The molecule has 0 aliphatic rings. The number of carbonyl (C=O) groups is 5. The van der Waals surface area contributed by atoms with Gasteiger partial charge in [-0.2, -0.15) is 63.1 Å². The first kappa shape index (κ1) is 66.6. The van der Waals surface area contributed by atoms with Crippen LogP contribution in [0.25, 0.3) is 0 Å². The van der Waals surface area contributed by atoms with Gasteiger partial charge in [0.2, 0.25) is 0 Å². The Labute approximate surface area is 338 Å². The third kappa shape index (κ3) is 66.0. The number of carboxylic acid groups (broad SMARTS) is 5. The maximum Gasteiger partial charge on any atom is 0.304 e. The van der Waals surface area contributed by atoms with E-state index in [1.807, 2.05) is 0 Å². The zero-order valence-corrected chi connectivity index (χ0v) is 35.1. The van der Waals surface area contributed by atoms with Gasteiger partial charge in [0.15, 0.2) is 0 Å². The van der Waals surface area contributed by atoms with Crippen LogP contribution in [0.5, 0.6) is 0 Å². The van der Waals surface area contributed by atoms with Gasteiger partial charge in [0.1, 0.15) is 0 Å². The van der Waals surface area contributed by atoms with Crippen LogP contribution in [0.1, 0.15) is 66.7 Å². The number of hydrogen-bond donors (Lipinski definition) is 18. The van der Waals surface area contributed by atoms with Crippen LogP contribution in [-0.4, -0.2) is 175 Å². The SMILES string of the molecule is CC(S)CC(=O)O.CC(S)CC(=O)O.CC(S)CC(=O)O.CC(S)CC(=O)O.CC(S)CC(=O)O.OCC(CO)(CO)CO.OCC(CO)(CO)CO. The Morgan fingerprint density at radius 1 is 0.340 bits per heavy atom. The lowest BCUT2D eigenvalue weighted by atomic mass is 9.93. The largest absolute Gasteiger partial charge is 0.481 e. The molecule has 0 aliphatic heterocycles. The van der Waals surface area contributed by atoms with Crippen LogP contribution in [0.2, 0.25) is 0 Å². The highest BCUT2D eigenvalue weighted by Crippen LogP contribution is 2.12. The van der Waals surface area contributed by atoms with E-state index < -0.39 is 93.5 Å². The van der Waals surface area contributed by atoms with Crippen molar-refractivity contribution < 1.29 is 90.4 Å². The molecule has 18 nitrogen and oxygen atoms in total. The van der Waals surface area contributed by atoms with Crippen molar-refractivity contribution in [2.75, 3.05) is 52.9 Å². The lowest BCUT2D eigenvalue weighted by Crippen LogP contribution is -2.37. The van der Waals surface area contributed by atoms with E-state index in [0.717, 1.165) is 0 Å². The van der Waals surface area contributed by atoms with Gasteiger partial charge in [-0.15, -0.1) is 0 Å². The number of carboxylic acids is 5. The minimum atomic E-state index is -1.11. The summed E-state index contributed by atoms with van der Waals surface area (Å²) in [4.78, 5) is 48.8. The molecule has 0 saturated heterocycles. The number of aliphatic hydroxyl groups excluding tert-OH is 8. The van der Waals surface area contributed by atoms with Crippen LogP contribution in [0.15, 0.2) is 0 Å². The van der Waals surface area contributed by atoms with Gasteiger partial charge < -0.3 is 66.4 Å². The van der Waals surface area contributed by atoms with Crippen molar-refractivity contribution in [2.45, 2.75) is 93.0 Å². The van der Waals surface area contributed by atoms with E-state index in [1.54, 1.807) is 34.6 Å². The molecule has 0 rings (SSSR count). The van der Waals surface area contributed by atoms with E-state index in [-0.39, 0.29) is 58.4 Å². The van der Waals surface area contributed by atoms with Crippen LogP contribution >= 0.6 is 63.1 Å². The number of hydrogen-bond acceptors (Lipinski definition) is 18. The maximum absolute atomic E-state index is 9.76. The third-order valence-electron chi connectivity index (χ3n) is 5.03. The van der Waals surface area contributed by atoms with Crippen LogP contribution in [0.3, 0.4) is 0 Å². The Hall–Kier alpha value is -1.22. The molecule has 0 fully saturated rings. The van der Waals surface area contributed by atoms with Gasteiger partial charge in [0, 0.05) is 26.2 Å². The monoisotopic (exact) mass is 872 g/mol. The summed E-state index contributed by atoms with van der Waals surface area (Å²) in [6.45, 7) is 5.49. The van der Waals surface area contributed by atoms with E-state index in [0.29, 0.717) is 0 Å². The average molecular weight is 873 g/mol. The van der Waals surface area contributed by atoms with Gasteiger partial charge in [-0.05, 0) is 0 Å². The molecule has 322 valence electrons. The zero-order valence-electron chi connectivity index (χ0n) is 30.7. The molecule has 23 heteroatoms. The van der Waals surface area contributed by atoms with E-state index in [4.69, 9.17) is 66.4 Å². The van der Waals surface area contributed by atoms with Crippen LogP contribution < -0.4 is 0 Å². The van der Waals surface area contributed by atoms with Crippen molar-refractivity contribution >= 4 is 93.0 Å². The lowest BCUT2D eigenvalue weighted by molar-refractivity contribution is -0.137. The maximum atomic E-state index is 9.76. The molecule has 0 aromatic rings. The molecule has 0 spiro atoms.